The first-order valence-corrected chi connectivity index (χ1v) is 15.2. The molecule has 2 aromatic rings. The van der Waals surface area contributed by atoms with Gasteiger partial charge in [-0.2, -0.15) is 0 Å². The van der Waals surface area contributed by atoms with Crippen molar-refractivity contribution in [2.24, 2.45) is 5.41 Å². The molecule has 41 heavy (non-hydrogen) atoms. The molecule has 5 rings (SSSR count). The van der Waals surface area contributed by atoms with E-state index in [1.54, 1.807) is 30.3 Å². The molecule has 3 aliphatic heterocycles. The molecule has 10 heteroatoms. The van der Waals surface area contributed by atoms with Crippen LogP contribution in [0.1, 0.15) is 77.1 Å². The number of cyclic esters (lactones) is 1. The number of benzene rings is 1. The molecule has 1 aromatic carbocycles. The number of aromatic hydroxyl groups is 1. The molecule has 1 atom stereocenters. The fourth-order valence-electron chi connectivity index (χ4n) is 6.82. The van der Waals surface area contributed by atoms with E-state index >= 15 is 0 Å². The number of piperidine rings is 2. The lowest BCUT2D eigenvalue weighted by Gasteiger charge is -2.45. The van der Waals surface area contributed by atoms with Gasteiger partial charge >= 0.3 is 12.1 Å². The van der Waals surface area contributed by atoms with Crippen LogP contribution in [0.2, 0.25) is 0 Å². The molecule has 1 aromatic heterocycles. The molecule has 2 amide bonds. The maximum absolute atomic E-state index is 14.0. The number of likely N-dealkylation sites (tertiary alicyclic amines) is 2. The minimum atomic E-state index is -1.11. The van der Waals surface area contributed by atoms with Crippen molar-refractivity contribution in [3.8, 4) is 16.2 Å². The summed E-state index contributed by atoms with van der Waals surface area (Å²) >= 11 is 1.27. The highest BCUT2D eigenvalue weighted by atomic mass is 32.1. The smallest absolute Gasteiger partial charge is 0.412 e. The lowest BCUT2D eigenvalue weighted by molar-refractivity contribution is -0.154. The number of phenols is 1. The Labute approximate surface area is 245 Å². The maximum atomic E-state index is 14.0. The lowest BCUT2D eigenvalue weighted by Crippen LogP contribution is -2.53. The second kappa shape index (κ2) is 10.6. The van der Waals surface area contributed by atoms with Crippen molar-refractivity contribution in [3.05, 3.63) is 35.9 Å². The van der Waals surface area contributed by atoms with E-state index in [4.69, 9.17) is 4.74 Å². The first-order valence-electron chi connectivity index (χ1n) is 14.4. The summed E-state index contributed by atoms with van der Waals surface area (Å²) in [5, 5.41) is 20.3. The fourth-order valence-corrected chi connectivity index (χ4v) is 8.16. The number of esters is 1. The number of hydrogen-bond donors (Lipinski definition) is 2. The average Bonchev–Trinajstić information content (AvgIpc) is 3.40. The molecule has 4 heterocycles. The Hall–Kier alpha value is -3.11. The quantitative estimate of drug-likeness (QED) is 0.437. The highest BCUT2D eigenvalue weighted by Crippen LogP contribution is 2.47. The second-order valence-corrected chi connectivity index (χ2v) is 14.4. The van der Waals surface area contributed by atoms with Crippen LogP contribution in [-0.2, 0) is 9.53 Å². The van der Waals surface area contributed by atoms with Gasteiger partial charge in [-0.05, 0) is 103 Å². The Morgan fingerprint density at radius 3 is 2.32 bits per heavy atom. The van der Waals surface area contributed by atoms with Crippen LogP contribution in [-0.4, -0.2) is 81.3 Å². The summed E-state index contributed by atoms with van der Waals surface area (Å²) < 4.78 is 5.71. The van der Waals surface area contributed by atoms with Crippen molar-refractivity contribution in [1.82, 2.24) is 9.80 Å². The van der Waals surface area contributed by atoms with Crippen molar-refractivity contribution >= 4 is 34.3 Å². The molecule has 9 nitrogen and oxygen atoms in total. The van der Waals surface area contributed by atoms with E-state index < -0.39 is 22.6 Å². The molecule has 3 saturated heterocycles. The fraction of sp³-hybridized carbons (Fsp3) is 0.581. The van der Waals surface area contributed by atoms with E-state index in [2.05, 4.69) is 4.90 Å². The number of amides is 2. The van der Waals surface area contributed by atoms with Crippen LogP contribution in [0, 0.1) is 5.41 Å². The molecule has 1 unspecified atom stereocenters. The Balaban J connectivity index is 1.35. The van der Waals surface area contributed by atoms with Crippen molar-refractivity contribution < 1.29 is 29.3 Å². The van der Waals surface area contributed by atoms with E-state index in [0.717, 1.165) is 49.1 Å². The van der Waals surface area contributed by atoms with Gasteiger partial charge in [-0.15, -0.1) is 11.3 Å². The van der Waals surface area contributed by atoms with Crippen molar-refractivity contribution in [3.63, 3.8) is 0 Å². The van der Waals surface area contributed by atoms with Gasteiger partial charge < -0.3 is 19.8 Å². The van der Waals surface area contributed by atoms with E-state index in [1.165, 1.54) is 16.2 Å². The summed E-state index contributed by atoms with van der Waals surface area (Å²) in [4.78, 5) is 45.5. The van der Waals surface area contributed by atoms with Gasteiger partial charge in [-0.3, -0.25) is 19.4 Å². The molecule has 1 spiro atoms. The number of hydrogen-bond acceptors (Lipinski definition) is 7. The zero-order valence-electron chi connectivity index (χ0n) is 24.6. The number of nitrogens with zero attached hydrogens (tertiary/aromatic N) is 3. The van der Waals surface area contributed by atoms with Crippen LogP contribution >= 0.6 is 11.3 Å². The van der Waals surface area contributed by atoms with Gasteiger partial charge in [0.05, 0.1) is 11.0 Å². The molecule has 0 bridgehead atoms. The molecular formula is C31H41N3O6S. The minimum absolute atomic E-state index is 0.0731. The number of carbonyl (C=O) groups is 3. The summed E-state index contributed by atoms with van der Waals surface area (Å²) in [6, 6.07) is 8.75. The predicted octanol–water partition coefficient (Wildman–Crippen LogP) is 5.82. The Morgan fingerprint density at radius 2 is 1.76 bits per heavy atom. The Kier molecular flexibility index (Phi) is 7.61. The highest BCUT2D eigenvalue weighted by Gasteiger charge is 2.54. The van der Waals surface area contributed by atoms with Crippen LogP contribution in [0.3, 0.4) is 0 Å². The average molecular weight is 584 g/mol. The largest absolute Gasteiger partial charge is 0.508 e. The molecule has 3 fully saturated rings. The van der Waals surface area contributed by atoms with Crippen LogP contribution < -0.4 is 4.90 Å². The SMILES string of the molecule is CC1(C)CC2(CCCN(C3CCN(C(=O)c4cc(-c5ccc(O)cc5)sc4N(C(=O)O)C(C)(C)C)CC3)C2)C(=O)O1. The Bertz CT molecular complexity index is 1320. The van der Waals surface area contributed by atoms with Gasteiger partial charge in [0.25, 0.3) is 5.91 Å². The van der Waals surface area contributed by atoms with Gasteiger partial charge in [0.2, 0.25) is 0 Å². The number of carbonyl (C=O) groups excluding carboxylic acids is 2. The maximum Gasteiger partial charge on any atom is 0.412 e. The third-order valence-corrected chi connectivity index (χ3v) is 9.77. The van der Waals surface area contributed by atoms with E-state index in [1.807, 2.05) is 39.5 Å². The number of ether oxygens (including phenoxy) is 1. The summed E-state index contributed by atoms with van der Waals surface area (Å²) in [5.74, 6) is -0.109. The molecule has 2 N–H and O–H groups in total. The predicted molar refractivity (Wildman–Crippen MR) is 159 cm³/mol. The highest BCUT2D eigenvalue weighted by molar-refractivity contribution is 7.20. The molecule has 0 aliphatic carbocycles. The van der Waals surface area contributed by atoms with Crippen molar-refractivity contribution in [1.29, 1.82) is 0 Å². The number of carboxylic acid groups (broad SMARTS) is 1. The molecule has 3 aliphatic rings. The van der Waals surface area contributed by atoms with Gasteiger partial charge in [-0.1, -0.05) is 0 Å². The number of thiophene rings is 1. The monoisotopic (exact) mass is 583 g/mol. The molecular weight excluding hydrogens is 542 g/mol. The van der Waals surface area contributed by atoms with Crippen LogP contribution in [0.15, 0.2) is 30.3 Å². The molecule has 0 radical (unpaired) electrons. The van der Waals surface area contributed by atoms with Gasteiger partial charge in [0.15, 0.2) is 0 Å². The van der Waals surface area contributed by atoms with E-state index in [0.29, 0.717) is 30.2 Å². The minimum Gasteiger partial charge on any atom is -0.508 e. The van der Waals surface area contributed by atoms with Crippen LogP contribution in [0.5, 0.6) is 5.75 Å². The van der Waals surface area contributed by atoms with Crippen molar-refractivity contribution in [2.45, 2.75) is 83.9 Å². The first kappa shape index (κ1) is 29.4. The van der Waals surface area contributed by atoms with Crippen molar-refractivity contribution in [2.75, 3.05) is 31.1 Å². The van der Waals surface area contributed by atoms with E-state index in [9.17, 15) is 24.6 Å². The number of rotatable bonds is 4. The van der Waals surface area contributed by atoms with E-state index in [-0.39, 0.29) is 23.7 Å². The summed E-state index contributed by atoms with van der Waals surface area (Å²) in [6.45, 7) is 12.2. The van der Waals surface area contributed by atoms with Gasteiger partial charge in [0, 0.05) is 42.5 Å². The summed E-state index contributed by atoms with van der Waals surface area (Å²) in [6.07, 6.45) is 3.04. The normalized spacial score (nSPS) is 23.5. The summed E-state index contributed by atoms with van der Waals surface area (Å²) in [7, 11) is 0. The first-order chi connectivity index (χ1) is 19.2. The van der Waals surface area contributed by atoms with Gasteiger partial charge in [0.1, 0.15) is 16.4 Å². The number of phenolic OH excluding ortho intramolecular Hbond substituents is 1. The molecule has 0 saturated carbocycles. The lowest BCUT2D eigenvalue weighted by atomic mass is 9.74. The number of anilines is 1. The standard InChI is InChI=1S/C31H41N3O6S/c1-29(2,3)34(28(38)39)26-23(17-24(41-26)20-7-9-22(35)10-8-20)25(36)32-15-11-21(12-16-32)33-14-6-13-31(19-33)18-30(4,5)40-27(31)37/h7-10,17,21,35H,6,11-16,18-19H2,1-5H3,(H,38,39). The second-order valence-electron chi connectivity index (χ2n) is 13.4. The molecule has 222 valence electrons. The van der Waals surface area contributed by atoms with Gasteiger partial charge in [-0.25, -0.2) is 4.79 Å². The van der Waals surface area contributed by atoms with Crippen LogP contribution in [0.25, 0.3) is 10.4 Å². The van der Waals surface area contributed by atoms with Crippen LogP contribution in [0.4, 0.5) is 9.80 Å². The summed E-state index contributed by atoms with van der Waals surface area (Å²) in [5.41, 5.74) is -0.437. The third kappa shape index (κ3) is 5.81. The topological polar surface area (TPSA) is 111 Å². The zero-order valence-corrected chi connectivity index (χ0v) is 25.4. The third-order valence-electron chi connectivity index (χ3n) is 8.60. The zero-order chi connectivity index (χ0) is 29.7. The Morgan fingerprint density at radius 1 is 1.10 bits per heavy atom.